The van der Waals surface area contributed by atoms with E-state index < -0.39 is 33.9 Å². The molecule has 5 rings (SSSR count). The zero-order chi connectivity index (χ0) is 32.3. The van der Waals surface area contributed by atoms with Crippen molar-refractivity contribution in [1.82, 2.24) is 9.80 Å². The molecule has 3 amide bonds. The van der Waals surface area contributed by atoms with Gasteiger partial charge in [-0.25, -0.2) is 17.6 Å². The van der Waals surface area contributed by atoms with E-state index in [1.807, 2.05) is 49.4 Å². The van der Waals surface area contributed by atoms with Crippen molar-refractivity contribution in [2.75, 3.05) is 36.8 Å². The normalized spacial score (nSPS) is 17.4. The number of fused-ring (bicyclic) bond motifs is 2. The SMILES string of the molecule is C[C@@H]1CN([C@H](C)CO)C(=O)c2cc(NS(=O)(=O)c3ccc(F)cc3)ccc2O[C@@H]1CN(C)C(=O)Nc1cccc2ccccc12. The Labute approximate surface area is 261 Å². The van der Waals surface area contributed by atoms with Crippen LogP contribution in [0.5, 0.6) is 5.75 Å². The van der Waals surface area contributed by atoms with Gasteiger partial charge in [0.15, 0.2) is 0 Å². The van der Waals surface area contributed by atoms with Gasteiger partial charge in [0.2, 0.25) is 0 Å². The zero-order valence-corrected chi connectivity index (χ0v) is 25.9. The van der Waals surface area contributed by atoms with Crippen LogP contribution < -0.4 is 14.8 Å². The number of sulfonamides is 1. The molecule has 0 unspecified atom stereocenters. The molecule has 0 saturated carbocycles. The van der Waals surface area contributed by atoms with Crippen LogP contribution in [0, 0.1) is 11.7 Å². The molecular formula is C33H35FN4O6S. The van der Waals surface area contributed by atoms with Crippen LogP contribution in [0.3, 0.4) is 0 Å². The van der Waals surface area contributed by atoms with E-state index in [0.717, 1.165) is 35.0 Å². The summed E-state index contributed by atoms with van der Waals surface area (Å²) in [6.45, 7) is 3.72. The standard InChI is InChI=1S/C33H35FN4O6S/c1-21-18-38(22(2)20-39)32(40)28-17-25(36-45(42,43)26-14-11-24(34)12-15-26)13-16-30(28)44-31(21)19-37(3)33(41)35-29-10-6-8-23-7-4-5-9-27(23)29/h4-17,21-22,31,36,39H,18-20H2,1-3H3,(H,35,41)/t21-,22-,31-/m1/s1. The van der Waals surface area contributed by atoms with E-state index in [2.05, 4.69) is 10.0 Å². The molecule has 0 saturated heterocycles. The van der Waals surface area contributed by atoms with Crippen molar-refractivity contribution in [1.29, 1.82) is 0 Å². The third kappa shape index (κ3) is 7.02. The number of hydrogen-bond donors (Lipinski definition) is 3. The monoisotopic (exact) mass is 634 g/mol. The molecule has 1 aliphatic rings. The quantitative estimate of drug-likeness (QED) is 0.246. The van der Waals surface area contributed by atoms with Crippen LogP contribution in [0.1, 0.15) is 24.2 Å². The van der Waals surface area contributed by atoms with Gasteiger partial charge in [0.25, 0.3) is 15.9 Å². The van der Waals surface area contributed by atoms with Crippen molar-refractivity contribution in [3.8, 4) is 5.75 Å². The number of carbonyl (C=O) groups excluding carboxylic acids is 2. The first-order chi connectivity index (χ1) is 21.5. The molecule has 1 aliphatic heterocycles. The second-order valence-electron chi connectivity index (χ2n) is 11.2. The summed E-state index contributed by atoms with van der Waals surface area (Å²) in [4.78, 5) is 29.9. The minimum atomic E-state index is -4.08. The van der Waals surface area contributed by atoms with Gasteiger partial charge in [-0.05, 0) is 60.8 Å². The number of nitrogens with one attached hydrogen (secondary N) is 2. The highest BCUT2D eigenvalue weighted by Gasteiger charge is 2.34. The molecule has 10 nitrogen and oxygen atoms in total. The molecule has 0 fully saturated rings. The number of benzene rings is 4. The number of urea groups is 1. The van der Waals surface area contributed by atoms with Gasteiger partial charge in [0.05, 0.1) is 35.3 Å². The Morgan fingerprint density at radius 3 is 2.53 bits per heavy atom. The van der Waals surface area contributed by atoms with Crippen LogP contribution in [0.25, 0.3) is 10.8 Å². The predicted molar refractivity (Wildman–Crippen MR) is 170 cm³/mol. The number of carbonyl (C=O) groups is 2. The lowest BCUT2D eigenvalue weighted by molar-refractivity contribution is 0.0371. The Morgan fingerprint density at radius 1 is 1.09 bits per heavy atom. The summed E-state index contributed by atoms with van der Waals surface area (Å²) in [5, 5.41) is 14.8. The second-order valence-corrected chi connectivity index (χ2v) is 12.9. The Morgan fingerprint density at radius 2 is 1.80 bits per heavy atom. The molecule has 236 valence electrons. The molecule has 3 atom stereocenters. The number of rotatable bonds is 8. The van der Waals surface area contributed by atoms with Gasteiger partial charge in [0.1, 0.15) is 17.7 Å². The first-order valence-corrected chi connectivity index (χ1v) is 16.0. The Bertz CT molecular complexity index is 1810. The van der Waals surface area contributed by atoms with Crippen molar-refractivity contribution < 1.29 is 32.2 Å². The van der Waals surface area contributed by atoms with Gasteiger partial charge in [-0.1, -0.05) is 43.3 Å². The number of halogens is 1. The van der Waals surface area contributed by atoms with Crippen LogP contribution in [0.15, 0.2) is 89.8 Å². The Hall–Kier alpha value is -4.68. The van der Waals surface area contributed by atoms with Crippen molar-refractivity contribution >= 4 is 44.1 Å². The molecule has 1 heterocycles. The first kappa shape index (κ1) is 31.7. The van der Waals surface area contributed by atoms with E-state index in [0.29, 0.717) is 5.69 Å². The summed E-state index contributed by atoms with van der Waals surface area (Å²) in [7, 11) is -2.43. The lowest BCUT2D eigenvalue weighted by atomic mass is 9.99. The second kappa shape index (κ2) is 13.1. The number of nitrogens with zero attached hydrogens (tertiary/aromatic N) is 2. The van der Waals surface area contributed by atoms with E-state index in [-0.39, 0.29) is 53.5 Å². The van der Waals surface area contributed by atoms with Gasteiger partial charge >= 0.3 is 6.03 Å². The summed E-state index contributed by atoms with van der Waals surface area (Å²) in [6, 6.07) is 21.2. The molecule has 4 aromatic rings. The topological polar surface area (TPSA) is 128 Å². The van der Waals surface area contributed by atoms with E-state index in [4.69, 9.17) is 4.74 Å². The number of likely N-dealkylation sites (N-methyl/N-ethyl adjacent to an activating group) is 1. The van der Waals surface area contributed by atoms with E-state index >= 15 is 0 Å². The molecule has 4 aromatic carbocycles. The van der Waals surface area contributed by atoms with Crippen molar-refractivity contribution in [3.63, 3.8) is 0 Å². The maximum absolute atomic E-state index is 13.7. The van der Waals surface area contributed by atoms with Gasteiger partial charge < -0.3 is 25.0 Å². The Balaban J connectivity index is 1.40. The van der Waals surface area contributed by atoms with Crippen molar-refractivity contribution in [2.24, 2.45) is 5.92 Å². The fourth-order valence-electron chi connectivity index (χ4n) is 5.23. The highest BCUT2D eigenvalue weighted by Crippen LogP contribution is 2.32. The number of amides is 3. The fourth-order valence-corrected chi connectivity index (χ4v) is 6.28. The van der Waals surface area contributed by atoms with Gasteiger partial charge in [-0.3, -0.25) is 9.52 Å². The highest BCUT2D eigenvalue weighted by atomic mass is 32.2. The molecule has 0 aromatic heterocycles. The third-order valence-electron chi connectivity index (χ3n) is 7.87. The van der Waals surface area contributed by atoms with Gasteiger partial charge in [0, 0.05) is 30.6 Å². The van der Waals surface area contributed by atoms with Crippen molar-refractivity contribution in [2.45, 2.75) is 30.9 Å². The van der Waals surface area contributed by atoms with E-state index in [1.54, 1.807) is 14.0 Å². The minimum absolute atomic E-state index is 0.0920. The van der Waals surface area contributed by atoms with Crippen LogP contribution in [0.2, 0.25) is 0 Å². The van der Waals surface area contributed by atoms with E-state index in [1.165, 1.54) is 28.0 Å². The largest absolute Gasteiger partial charge is 0.487 e. The molecule has 12 heteroatoms. The number of aliphatic hydroxyl groups excluding tert-OH is 1. The van der Waals surface area contributed by atoms with Crippen LogP contribution in [0.4, 0.5) is 20.6 Å². The number of anilines is 2. The highest BCUT2D eigenvalue weighted by molar-refractivity contribution is 7.92. The summed E-state index contributed by atoms with van der Waals surface area (Å²) in [5.41, 5.74) is 0.865. The summed E-state index contributed by atoms with van der Waals surface area (Å²) in [6.07, 6.45) is -0.560. The summed E-state index contributed by atoms with van der Waals surface area (Å²) >= 11 is 0. The van der Waals surface area contributed by atoms with Crippen molar-refractivity contribution in [3.05, 3.63) is 96.3 Å². The third-order valence-corrected chi connectivity index (χ3v) is 9.27. The molecule has 0 bridgehead atoms. The maximum Gasteiger partial charge on any atom is 0.321 e. The predicted octanol–water partition coefficient (Wildman–Crippen LogP) is 5.16. The average Bonchev–Trinajstić information content (AvgIpc) is 3.02. The average molecular weight is 635 g/mol. The molecule has 45 heavy (non-hydrogen) atoms. The van der Waals surface area contributed by atoms with E-state index in [9.17, 15) is 27.5 Å². The Kier molecular flexibility index (Phi) is 9.26. The van der Waals surface area contributed by atoms with Crippen LogP contribution in [-0.2, 0) is 10.0 Å². The van der Waals surface area contributed by atoms with Crippen LogP contribution in [-0.4, -0.2) is 74.2 Å². The summed E-state index contributed by atoms with van der Waals surface area (Å²) < 4.78 is 48.1. The fraction of sp³-hybridized carbons (Fsp3) is 0.273. The lowest BCUT2D eigenvalue weighted by Crippen LogP contribution is -2.50. The number of hydrogen-bond acceptors (Lipinski definition) is 6. The zero-order valence-electron chi connectivity index (χ0n) is 25.1. The number of ether oxygens (including phenoxy) is 1. The van der Waals surface area contributed by atoms with Gasteiger partial charge in [-0.2, -0.15) is 0 Å². The molecule has 0 radical (unpaired) electrons. The molecule has 0 spiro atoms. The molecule has 3 N–H and O–H groups in total. The smallest absolute Gasteiger partial charge is 0.321 e. The molecular weight excluding hydrogens is 599 g/mol. The summed E-state index contributed by atoms with van der Waals surface area (Å²) in [5.74, 6) is -1.06. The lowest BCUT2D eigenvalue weighted by Gasteiger charge is -2.38. The molecule has 0 aliphatic carbocycles. The van der Waals surface area contributed by atoms with Crippen LogP contribution >= 0.6 is 0 Å². The minimum Gasteiger partial charge on any atom is -0.487 e. The first-order valence-electron chi connectivity index (χ1n) is 14.5. The van der Waals surface area contributed by atoms with Gasteiger partial charge in [-0.15, -0.1) is 0 Å². The maximum atomic E-state index is 13.7. The number of aliphatic hydroxyl groups is 1.